The largest absolute Gasteiger partial charge is 0.368 e. The molecule has 1 saturated heterocycles. The van der Waals surface area contributed by atoms with Crippen molar-refractivity contribution < 1.29 is 14.3 Å². The first-order valence-corrected chi connectivity index (χ1v) is 7.29. The lowest BCUT2D eigenvalue weighted by Crippen LogP contribution is -2.46. The van der Waals surface area contributed by atoms with Gasteiger partial charge in [0.15, 0.2) is 0 Å². The monoisotopic (exact) mass is 302 g/mol. The summed E-state index contributed by atoms with van der Waals surface area (Å²) >= 11 is 7.25. The Morgan fingerprint density at radius 3 is 2.89 bits per heavy atom. The number of aryl methyl sites for hydroxylation is 1. The molecule has 2 rings (SSSR count). The number of rotatable bonds is 4. The standard InChI is InChI=1S/C12H15ClN2O3S/c13-10-5-3-8(19-10)4-6-11(16)14-15-12(17)9-2-1-7-18-9/h3,5,9H,1-2,4,6-7H2,(H,14,16)(H,15,17). The molecule has 1 fully saturated rings. The molecule has 0 spiro atoms. The molecule has 0 saturated carbocycles. The summed E-state index contributed by atoms with van der Waals surface area (Å²) in [5, 5.41) is 0. The minimum absolute atomic E-state index is 0.226. The van der Waals surface area contributed by atoms with Crippen molar-refractivity contribution >= 4 is 34.8 Å². The molecule has 0 radical (unpaired) electrons. The Labute approximate surface area is 120 Å². The topological polar surface area (TPSA) is 67.4 Å². The first-order chi connectivity index (χ1) is 9.15. The highest BCUT2D eigenvalue weighted by Crippen LogP contribution is 2.22. The third-order valence-corrected chi connectivity index (χ3v) is 4.07. The highest BCUT2D eigenvalue weighted by Gasteiger charge is 2.23. The van der Waals surface area contributed by atoms with E-state index in [1.807, 2.05) is 6.07 Å². The van der Waals surface area contributed by atoms with Crippen molar-refractivity contribution in [3.63, 3.8) is 0 Å². The number of nitrogens with one attached hydrogen (secondary N) is 2. The Balaban J connectivity index is 1.65. The Morgan fingerprint density at radius 1 is 1.42 bits per heavy atom. The molecule has 1 unspecified atom stereocenters. The fourth-order valence-electron chi connectivity index (χ4n) is 1.78. The van der Waals surface area contributed by atoms with Gasteiger partial charge in [-0.1, -0.05) is 11.6 Å². The van der Waals surface area contributed by atoms with Crippen molar-refractivity contribution in [1.29, 1.82) is 0 Å². The molecule has 104 valence electrons. The smallest absolute Gasteiger partial charge is 0.267 e. The molecule has 2 N–H and O–H groups in total. The van der Waals surface area contributed by atoms with Crippen molar-refractivity contribution in [3.8, 4) is 0 Å². The summed E-state index contributed by atoms with van der Waals surface area (Å²) in [6.45, 7) is 0.602. The lowest BCUT2D eigenvalue weighted by molar-refractivity contribution is -0.134. The van der Waals surface area contributed by atoms with Gasteiger partial charge < -0.3 is 4.74 Å². The van der Waals surface area contributed by atoms with Crippen LogP contribution in [-0.4, -0.2) is 24.5 Å². The summed E-state index contributed by atoms with van der Waals surface area (Å²) in [6.07, 6.45) is 2.07. The number of halogens is 1. The molecule has 2 amide bonds. The Bertz CT molecular complexity index is 458. The van der Waals surface area contributed by atoms with Crippen LogP contribution in [0, 0.1) is 0 Å². The summed E-state index contributed by atoms with van der Waals surface area (Å²) in [6, 6.07) is 3.70. The van der Waals surface area contributed by atoms with Gasteiger partial charge in [-0.3, -0.25) is 20.4 Å². The van der Waals surface area contributed by atoms with Crippen molar-refractivity contribution in [1.82, 2.24) is 10.9 Å². The van der Waals surface area contributed by atoms with Crippen LogP contribution in [0.25, 0.3) is 0 Å². The minimum atomic E-state index is -0.434. The molecule has 1 aromatic heterocycles. The van der Waals surface area contributed by atoms with E-state index in [1.165, 1.54) is 11.3 Å². The Morgan fingerprint density at radius 2 is 2.26 bits per heavy atom. The number of ether oxygens (including phenoxy) is 1. The van der Waals surface area contributed by atoms with Gasteiger partial charge in [-0.2, -0.15) is 0 Å². The second-order valence-electron chi connectivity index (χ2n) is 4.24. The van der Waals surface area contributed by atoms with E-state index < -0.39 is 6.10 Å². The number of hydrogen-bond acceptors (Lipinski definition) is 4. The molecule has 1 atom stereocenters. The Kier molecular flexibility index (Phi) is 5.18. The molecule has 19 heavy (non-hydrogen) atoms. The summed E-state index contributed by atoms with van der Waals surface area (Å²) in [5.74, 6) is -0.513. The predicted molar refractivity (Wildman–Crippen MR) is 72.9 cm³/mol. The van der Waals surface area contributed by atoms with Crippen molar-refractivity contribution in [2.45, 2.75) is 31.8 Å². The van der Waals surface area contributed by atoms with E-state index in [9.17, 15) is 9.59 Å². The molecule has 7 heteroatoms. The van der Waals surface area contributed by atoms with Gasteiger partial charge in [0.1, 0.15) is 6.10 Å². The van der Waals surface area contributed by atoms with E-state index in [4.69, 9.17) is 16.3 Å². The van der Waals surface area contributed by atoms with Crippen LogP contribution in [0.2, 0.25) is 4.34 Å². The van der Waals surface area contributed by atoms with Crippen molar-refractivity contribution in [2.75, 3.05) is 6.61 Å². The zero-order valence-electron chi connectivity index (χ0n) is 10.3. The number of amides is 2. The molecule has 1 aromatic rings. The molecule has 0 aromatic carbocycles. The fourth-order valence-corrected chi connectivity index (χ4v) is 2.87. The molecule has 0 bridgehead atoms. The molecule has 5 nitrogen and oxygen atoms in total. The van der Waals surface area contributed by atoms with Gasteiger partial charge >= 0.3 is 0 Å². The number of thiophene rings is 1. The summed E-state index contributed by atoms with van der Waals surface area (Å²) in [4.78, 5) is 24.2. The van der Waals surface area contributed by atoms with Crippen LogP contribution in [0.5, 0.6) is 0 Å². The molecular formula is C12H15ClN2O3S. The molecule has 2 heterocycles. The van der Waals surface area contributed by atoms with Crippen LogP contribution >= 0.6 is 22.9 Å². The predicted octanol–water partition coefficient (Wildman–Crippen LogP) is 1.66. The average molecular weight is 303 g/mol. The molecule has 0 aliphatic carbocycles. The maximum Gasteiger partial charge on any atom is 0.267 e. The van der Waals surface area contributed by atoms with E-state index in [2.05, 4.69) is 10.9 Å². The maximum absolute atomic E-state index is 11.6. The lowest BCUT2D eigenvalue weighted by atomic mass is 10.2. The van der Waals surface area contributed by atoms with Crippen LogP contribution in [-0.2, 0) is 20.7 Å². The van der Waals surface area contributed by atoms with Crippen LogP contribution in [0.3, 0.4) is 0 Å². The molecular weight excluding hydrogens is 288 g/mol. The number of hydrazine groups is 1. The Hall–Kier alpha value is -1.11. The van der Waals surface area contributed by atoms with Gasteiger partial charge in [0.25, 0.3) is 5.91 Å². The second-order valence-corrected chi connectivity index (χ2v) is 6.04. The van der Waals surface area contributed by atoms with Gasteiger partial charge in [0.05, 0.1) is 4.34 Å². The quantitative estimate of drug-likeness (QED) is 0.831. The third-order valence-electron chi connectivity index (χ3n) is 2.77. The van der Waals surface area contributed by atoms with E-state index in [-0.39, 0.29) is 11.8 Å². The van der Waals surface area contributed by atoms with Gasteiger partial charge in [-0.05, 0) is 31.4 Å². The SMILES string of the molecule is O=C(CCc1ccc(Cl)s1)NNC(=O)C1CCCO1. The zero-order valence-corrected chi connectivity index (χ0v) is 11.9. The van der Waals surface area contributed by atoms with Crippen LogP contribution in [0.4, 0.5) is 0 Å². The van der Waals surface area contributed by atoms with Crippen LogP contribution in [0.1, 0.15) is 24.1 Å². The van der Waals surface area contributed by atoms with Crippen LogP contribution < -0.4 is 10.9 Å². The lowest BCUT2D eigenvalue weighted by Gasteiger charge is -2.11. The number of hydrogen-bond donors (Lipinski definition) is 2. The number of carbonyl (C=O) groups excluding carboxylic acids is 2. The second kappa shape index (κ2) is 6.88. The van der Waals surface area contributed by atoms with Crippen molar-refractivity contribution in [3.05, 3.63) is 21.3 Å². The van der Waals surface area contributed by atoms with Gasteiger partial charge in [0.2, 0.25) is 5.91 Å². The van der Waals surface area contributed by atoms with E-state index in [0.717, 1.165) is 11.3 Å². The number of carbonyl (C=O) groups is 2. The highest BCUT2D eigenvalue weighted by atomic mass is 35.5. The average Bonchev–Trinajstić information content (AvgIpc) is 3.04. The fraction of sp³-hybridized carbons (Fsp3) is 0.500. The van der Waals surface area contributed by atoms with E-state index in [0.29, 0.717) is 30.2 Å². The normalized spacial score (nSPS) is 18.3. The molecule has 1 aliphatic rings. The van der Waals surface area contributed by atoms with Crippen LogP contribution in [0.15, 0.2) is 12.1 Å². The minimum Gasteiger partial charge on any atom is -0.368 e. The van der Waals surface area contributed by atoms with Gasteiger partial charge in [-0.25, -0.2) is 0 Å². The maximum atomic E-state index is 11.6. The zero-order chi connectivity index (χ0) is 13.7. The van der Waals surface area contributed by atoms with Crippen molar-refractivity contribution in [2.24, 2.45) is 0 Å². The van der Waals surface area contributed by atoms with Gasteiger partial charge in [0, 0.05) is 17.9 Å². The first-order valence-electron chi connectivity index (χ1n) is 6.09. The highest BCUT2D eigenvalue weighted by molar-refractivity contribution is 7.16. The summed E-state index contributed by atoms with van der Waals surface area (Å²) in [7, 11) is 0. The van der Waals surface area contributed by atoms with E-state index >= 15 is 0 Å². The summed E-state index contributed by atoms with van der Waals surface area (Å²) in [5.41, 5.74) is 4.77. The molecule has 1 aliphatic heterocycles. The third kappa shape index (κ3) is 4.49. The first kappa shape index (κ1) is 14.3. The summed E-state index contributed by atoms with van der Waals surface area (Å²) < 4.78 is 5.91. The van der Waals surface area contributed by atoms with E-state index in [1.54, 1.807) is 6.07 Å². The van der Waals surface area contributed by atoms with Gasteiger partial charge in [-0.15, -0.1) is 11.3 Å².